The van der Waals surface area contributed by atoms with Gasteiger partial charge in [0.15, 0.2) is 0 Å². The summed E-state index contributed by atoms with van der Waals surface area (Å²) in [5.41, 5.74) is 0.761. The molecule has 4 heteroatoms. The summed E-state index contributed by atoms with van der Waals surface area (Å²) in [6.45, 7) is 8.22. The monoisotopic (exact) mass is 340 g/mol. The average molecular weight is 340 g/mol. The Balaban J connectivity index is 1.52. The van der Waals surface area contributed by atoms with E-state index in [1.54, 1.807) is 0 Å². The van der Waals surface area contributed by atoms with Crippen molar-refractivity contribution in [3.05, 3.63) is 42.5 Å². The van der Waals surface area contributed by atoms with E-state index in [2.05, 4.69) is 47.8 Å². The molecule has 1 aliphatic heterocycles. The SMILES string of the molecule is CC(C)(C)OC(=O)N1CCC(CNc2cccc3ccccc23)CC1. The van der Waals surface area contributed by atoms with Gasteiger partial charge in [0.1, 0.15) is 5.60 Å². The molecule has 0 aromatic heterocycles. The van der Waals surface area contributed by atoms with E-state index < -0.39 is 5.60 Å². The average Bonchev–Trinajstić information content (AvgIpc) is 2.59. The molecule has 134 valence electrons. The van der Waals surface area contributed by atoms with Gasteiger partial charge in [-0.05, 0) is 51.0 Å². The van der Waals surface area contributed by atoms with Gasteiger partial charge in [-0.2, -0.15) is 0 Å². The Morgan fingerprint density at radius 2 is 1.80 bits per heavy atom. The molecule has 1 N–H and O–H groups in total. The maximum Gasteiger partial charge on any atom is 0.410 e. The molecule has 1 heterocycles. The zero-order valence-corrected chi connectivity index (χ0v) is 15.4. The van der Waals surface area contributed by atoms with E-state index in [0.717, 1.165) is 32.5 Å². The quantitative estimate of drug-likeness (QED) is 0.864. The highest BCUT2D eigenvalue weighted by Crippen LogP contribution is 2.25. The fraction of sp³-hybridized carbons (Fsp3) is 0.476. The molecule has 3 rings (SSSR count). The Morgan fingerprint density at radius 3 is 2.52 bits per heavy atom. The smallest absolute Gasteiger partial charge is 0.410 e. The minimum atomic E-state index is -0.427. The van der Waals surface area contributed by atoms with Gasteiger partial charge in [0.2, 0.25) is 0 Å². The van der Waals surface area contributed by atoms with Gasteiger partial charge < -0.3 is 15.0 Å². The van der Waals surface area contributed by atoms with Crippen LogP contribution < -0.4 is 5.32 Å². The third-order valence-corrected chi connectivity index (χ3v) is 4.64. The van der Waals surface area contributed by atoms with Crippen molar-refractivity contribution in [2.24, 2.45) is 5.92 Å². The lowest BCUT2D eigenvalue weighted by Crippen LogP contribution is -2.42. The van der Waals surface area contributed by atoms with Crippen LogP contribution in [0, 0.1) is 5.92 Å². The number of nitrogens with zero attached hydrogens (tertiary/aromatic N) is 1. The summed E-state index contributed by atoms with van der Waals surface area (Å²) in [6.07, 6.45) is 1.83. The number of fused-ring (bicyclic) bond motifs is 1. The Labute approximate surface area is 150 Å². The van der Waals surface area contributed by atoms with Gasteiger partial charge in [-0.3, -0.25) is 0 Å². The van der Waals surface area contributed by atoms with Crippen LogP contribution in [0.1, 0.15) is 33.6 Å². The number of amides is 1. The lowest BCUT2D eigenvalue weighted by atomic mass is 9.96. The molecule has 2 aromatic carbocycles. The number of likely N-dealkylation sites (tertiary alicyclic amines) is 1. The second-order valence-corrected chi connectivity index (χ2v) is 7.82. The van der Waals surface area contributed by atoms with Crippen LogP contribution in [0.4, 0.5) is 10.5 Å². The molecular weight excluding hydrogens is 312 g/mol. The Hall–Kier alpha value is -2.23. The molecule has 1 aliphatic rings. The van der Waals surface area contributed by atoms with Crippen LogP contribution in [0.15, 0.2) is 42.5 Å². The van der Waals surface area contributed by atoms with E-state index in [0.29, 0.717) is 5.92 Å². The van der Waals surface area contributed by atoms with E-state index in [1.165, 1.54) is 16.5 Å². The summed E-state index contributed by atoms with van der Waals surface area (Å²) in [7, 11) is 0. The van der Waals surface area contributed by atoms with Crippen LogP contribution in [-0.4, -0.2) is 36.2 Å². The number of nitrogens with one attached hydrogen (secondary N) is 1. The maximum atomic E-state index is 12.1. The van der Waals surface area contributed by atoms with E-state index in [9.17, 15) is 4.79 Å². The number of carbonyl (C=O) groups excluding carboxylic acids is 1. The first-order valence-electron chi connectivity index (χ1n) is 9.12. The minimum Gasteiger partial charge on any atom is -0.444 e. The molecule has 0 atom stereocenters. The normalized spacial score (nSPS) is 16.0. The minimum absolute atomic E-state index is 0.187. The van der Waals surface area contributed by atoms with Gasteiger partial charge >= 0.3 is 6.09 Å². The molecule has 0 spiro atoms. The topological polar surface area (TPSA) is 41.6 Å². The standard InChI is InChI=1S/C21H28N2O2/c1-21(2,3)25-20(24)23-13-11-16(12-14-23)15-22-19-10-6-8-17-7-4-5-9-18(17)19/h4-10,16,22H,11-15H2,1-3H3. The van der Waals surface area contributed by atoms with Crippen molar-refractivity contribution in [3.63, 3.8) is 0 Å². The molecule has 2 aromatic rings. The number of anilines is 1. The number of carbonyl (C=O) groups is 1. The fourth-order valence-corrected chi connectivity index (χ4v) is 3.28. The van der Waals surface area contributed by atoms with Crippen molar-refractivity contribution in [1.82, 2.24) is 4.90 Å². The summed E-state index contributed by atoms with van der Waals surface area (Å²) in [4.78, 5) is 14.0. The number of rotatable bonds is 3. The Morgan fingerprint density at radius 1 is 1.12 bits per heavy atom. The first kappa shape index (κ1) is 17.6. The third-order valence-electron chi connectivity index (χ3n) is 4.64. The Bertz CT molecular complexity index is 723. The van der Waals surface area contributed by atoms with Gasteiger partial charge in [-0.25, -0.2) is 4.79 Å². The zero-order chi connectivity index (χ0) is 17.9. The van der Waals surface area contributed by atoms with Gasteiger partial charge in [0, 0.05) is 30.7 Å². The lowest BCUT2D eigenvalue weighted by molar-refractivity contribution is 0.0188. The van der Waals surface area contributed by atoms with Crippen molar-refractivity contribution in [2.75, 3.05) is 25.0 Å². The van der Waals surface area contributed by atoms with Crippen molar-refractivity contribution in [2.45, 2.75) is 39.2 Å². The predicted molar refractivity (Wildman–Crippen MR) is 103 cm³/mol. The largest absolute Gasteiger partial charge is 0.444 e. The first-order chi connectivity index (χ1) is 11.9. The van der Waals surface area contributed by atoms with Crippen molar-refractivity contribution in [3.8, 4) is 0 Å². The number of hydrogen-bond donors (Lipinski definition) is 1. The van der Waals surface area contributed by atoms with Crippen LogP contribution in [0.25, 0.3) is 10.8 Å². The third kappa shape index (κ3) is 4.65. The molecule has 0 bridgehead atoms. The highest BCUT2D eigenvalue weighted by molar-refractivity contribution is 5.93. The molecule has 25 heavy (non-hydrogen) atoms. The van der Waals surface area contributed by atoms with Crippen LogP contribution in [0.5, 0.6) is 0 Å². The fourth-order valence-electron chi connectivity index (χ4n) is 3.28. The van der Waals surface area contributed by atoms with Crippen LogP contribution in [0.2, 0.25) is 0 Å². The summed E-state index contributed by atoms with van der Waals surface area (Å²) in [5, 5.41) is 6.12. The molecule has 0 aliphatic carbocycles. The molecule has 0 saturated carbocycles. The summed E-state index contributed by atoms with van der Waals surface area (Å²) >= 11 is 0. The predicted octanol–water partition coefficient (Wildman–Crippen LogP) is 4.90. The summed E-state index contributed by atoms with van der Waals surface area (Å²) in [5.74, 6) is 0.581. The van der Waals surface area contributed by atoms with Gasteiger partial charge in [-0.1, -0.05) is 36.4 Å². The number of benzene rings is 2. The number of hydrogen-bond acceptors (Lipinski definition) is 3. The maximum absolute atomic E-state index is 12.1. The van der Waals surface area contributed by atoms with Crippen molar-refractivity contribution in [1.29, 1.82) is 0 Å². The van der Waals surface area contributed by atoms with Crippen LogP contribution >= 0.6 is 0 Å². The van der Waals surface area contributed by atoms with E-state index in [4.69, 9.17) is 4.74 Å². The highest BCUT2D eigenvalue weighted by atomic mass is 16.6. The van der Waals surface area contributed by atoms with Crippen molar-refractivity contribution < 1.29 is 9.53 Å². The second-order valence-electron chi connectivity index (χ2n) is 7.82. The summed E-state index contributed by atoms with van der Waals surface area (Å²) in [6, 6.07) is 14.8. The zero-order valence-electron chi connectivity index (χ0n) is 15.4. The molecule has 1 saturated heterocycles. The number of ether oxygens (including phenoxy) is 1. The molecule has 1 fully saturated rings. The van der Waals surface area contributed by atoms with Gasteiger partial charge in [-0.15, -0.1) is 0 Å². The first-order valence-corrected chi connectivity index (χ1v) is 9.12. The molecule has 0 unspecified atom stereocenters. The highest BCUT2D eigenvalue weighted by Gasteiger charge is 2.26. The Kier molecular flexibility index (Phi) is 5.16. The van der Waals surface area contributed by atoms with E-state index in [-0.39, 0.29) is 6.09 Å². The lowest BCUT2D eigenvalue weighted by Gasteiger charge is -2.33. The molecule has 0 radical (unpaired) electrons. The van der Waals surface area contributed by atoms with Gasteiger partial charge in [0.25, 0.3) is 0 Å². The van der Waals surface area contributed by atoms with Gasteiger partial charge in [0.05, 0.1) is 0 Å². The molecular formula is C21H28N2O2. The molecule has 4 nitrogen and oxygen atoms in total. The van der Waals surface area contributed by atoms with Crippen LogP contribution in [0.3, 0.4) is 0 Å². The van der Waals surface area contributed by atoms with Crippen molar-refractivity contribution >= 4 is 22.6 Å². The van der Waals surface area contributed by atoms with E-state index >= 15 is 0 Å². The number of piperidine rings is 1. The van der Waals surface area contributed by atoms with E-state index in [1.807, 2.05) is 25.7 Å². The second kappa shape index (κ2) is 7.34. The van der Waals surface area contributed by atoms with Crippen LogP contribution in [-0.2, 0) is 4.74 Å². The summed E-state index contributed by atoms with van der Waals surface area (Å²) < 4.78 is 5.46. The molecule has 1 amide bonds.